The van der Waals surface area contributed by atoms with Crippen LogP contribution in [0.3, 0.4) is 0 Å². The van der Waals surface area contributed by atoms with Crippen molar-refractivity contribution in [2.24, 2.45) is 0 Å². The zero-order valence-electron chi connectivity index (χ0n) is 31.5. The van der Waals surface area contributed by atoms with Crippen LogP contribution in [0.15, 0.2) is 60.7 Å². The maximum absolute atomic E-state index is 7.03. The average Bonchev–Trinajstić information content (AvgIpc) is 3.46. The van der Waals surface area contributed by atoms with E-state index < -0.39 is 16.6 Å². The topological polar surface area (TPSA) is 49.4 Å². The van der Waals surface area contributed by atoms with Gasteiger partial charge in [0.25, 0.3) is 0 Å². The summed E-state index contributed by atoms with van der Waals surface area (Å²) in [5.41, 5.74) is 5.65. The van der Waals surface area contributed by atoms with Crippen LogP contribution >= 0.6 is 0 Å². The number of hydrogen-bond acceptors (Lipinski definition) is 6. The molecule has 0 unspecified atom stereocenters. The van der Waals surface area contributed by atoms with Gasteiger partial charge in [-0.05, 0) is 110 Å². The summed E-state index contributed by atoms with van der Waals surface area (Å²) < 4.78 is 33.2. The summed E-state index contributed by atoms with van der Waals surface area (Å²) in [7, 11) is -4.06. The number of benzene rings is 3. The van der Waals surface area contributed by atoms with Gasteiger partial charge in [0.15, 0.2) is 0 Å². The van der Waals surface area contributed by atoms with Gasteiger partial charge in [0.1, 0.15) is 41.5 Å². The van der Waals surface area contributed by atoms with Crippen molar-refractivity contribution in [3.8, 4) is 28.7 Å². The molecule has 8 heteroatoms. The first-order chi connectivity index (χ1) is 23.0. The summed E-state index contributed by atoms with van der Waals surface area (Å²) >= 11 is 0. The Bertz CT molecular complexity index is 1680. The molecule has 0 aliphatic carbocycles. The lowest BCUT2D eigenvalue weighted by atomic mass is 9.84. The molecule has 1 saturated heterocycles. The number of fused-ring (bicyclic) bond motifs is 4. The van der Waals surface area contributed by atoms with E-state index in [1.54, 1.807) is 0 Å². The average molecular weight is 700 g/mol. The molecular formula is C41H57NO5Si2. The Labute approximate surface area is 297 Å². The molecule has 3 aliphatic rings. The SMILES string of the molecule is CC(C)(C)[Si](C)(C)Oc1ccc2c(c1)O[C@@H](c1ccc(OCCN3CCCC3)cc1)C1=C2CCOc2cc(O[Si](C)(C)C(C)(C)C)ccc21. The quantitative estimate of drug-likeness (QED) is 0.207. The van der Waals surface area contributed by atoms with E-state index in [2.05, 4.69) is 133 Å². The molecule has 6 nitrogen and oxygen atoms in total. The second kappa shape index (κ2) is 13.5. The summed E-state index contributed by atoms with van der Waals surface area (Å²) in [6, 6.07) is 21.2. The van der Waals surface area contributed by atoms with Crippen LogP contribution in [0.1, 0.15) is 83.6 Å². The Morgan fingerprint density at radius 3 is 1.86 bits per heavy atom. The molecule has 3 aliphatic heterocycles. The Hall–Kier alpha value is -3.21. The van der Waals surface area contributed by atoms with Gasteiger partial charge in [0.2, 0.25) is 16.6 Å². The van der Waals surface area contributed by atoms with Crippen LogP contribution in [0.25, 0.3) is 11.1 Å². The lowest BCUT2D eigenvalue weighted by Crippen LogP contribution is -2.43. The smallest absolute Gasteiger partial charge is 0.250 e. The highest BCUT2D eigenvalue weighted by Gasteiger charge is 2.41. The van der Waals surface area contributed by atoms with Crippen LogP contribution in [0.5, 0.6) is 28.7 Å². The summed E-state index contributed by atoms with van der Waals surface area (Å²) in [5, 5.41) is 0.190. The monoisotopic (exact) mass is 699 g/mol. The minimum Gasteiger partial charge on any atom is -0.543 e. The molecule has 0 N–H and O–H groups in total. The third-order valence-corrected chi connectivity index (χ3v) is 20.1. The van der Waals surface area contributed by atoms with Gasteiger partial charge in [-0.1, -0.05) is 53.7 Å². The molecular weight excluding hydrogens is 643 g/mol. The second-order valence-corrected chi connectivity index (χ2v) is 26.4. The Morgan fingerprint density at radius 2 is 1.27 bits per heavy atom. The minimum absolute atomic E-state index is 0.0930. The van der Waals surface area contributed by atoms with Crippen molar-refractivity contribution in [1.29, 1.82) is 0 Å². The summed E-state index contributed by atoms with van der Waals surface area (Å²) in [6.07, 6.45) is 3.03. The third-order valence-electron chi connectivity index (χ3n) is 11.4. The normalized spacial score (nSPS) is 18.4. The molecule has 0 saturated carbocycles. The number of likely N-dealkylation sites (tertiary alicyclic amines) is 1. The first-order valence-electron chi connectivity index (χ1n) is 18.2. The molecule has 264 valence electrons. The van der Waals surface area contributed by atoms with Crippen molar-refractivity contribution in [1.82, 2.24) is 4.90 Å². The molecule has 0 aromatic heterocycles. The van der Waals surface area contributed by atoms with Gasteiger partial charge in [-0.15, -0.1) is 0 Å². The molecule has 0 bridgehead atoms. The molecule has 1 fully saturated rings. The third kappa shape index (κ3) is 7.61. The lowest BCUT2D eigenvalue weighted by molar-refractivity contribution is 0.237. The maximum atomic E-state index is 7.03. The van der Waals surface area contributed by atoms with Crippen LogP contribution in [0.4, 0.5) is 0 Å². The molecule has 0 spiro atoms. The predicted octanol–water partition coefficient (Wildman–Crippen LogP) is 10.8. The van der Waals surface area contributed by atoms with Gasteiger partial charge in [-0.25, -0.2) is 0 Å². The van der Waals surface area contributed by atoms with Crippen LogP contribution in [-0.2, 0) is 0 Å². The van der Waals surface area contributed by atoms with Gasteiger partial charge in [0, 0.05) is 41.8 Å². The summed E-state index contributed by atoms with van der Waals surface area (Å²) in [5.74, 6) is 4.32. The lowest BCUT2D eigenvalue weighted by Gasteiger charge is -2.37. The van der Waals surface area contributed by atoms with E-state index in [4.69, 9.17) is 23.1 Å². The van der Waals surface area contributed by atoms with Crippen LogP contribution in [0.2, 0.25) is 36.3 Å². The molecule has 1 atom stereocenters. The van der Waals surface area contributed by atoms with Crippen LogP contribution < -0.4 is 23.1 Å². The number of nitrogens with zero attached hydrogens (tertiary/aromatic N) is 1. The van der Waals surface area contributed by atoms with Crippen molar-refractivity contribution in [2.45, 2.75) is 103 Å². The Balaban J connectivity index is 1.37. The van der Waals surface area contributed by atoms with Gasteiger partial charge in [0.05, 0.1) is 6.61 Å². The van der Waals surface area contributed by atoms with E-state index in [0.29, 0.717) is 13.2 Å². The molecule has 0 radical (unpaired) electrons. The maximum Gasteiger partial charge on any atom is 0.250 e. The summed E-state index contributed by atoms with van der Waals surface area (Å²) in [4.78, 5) is 2.48. The highest BCUT2D eigenvalue weighted by molar-refractivity contribution is 6.75. The van der Waals surface area contributed by atoms with Gasteiger partial charge in [-0.2, -0.15) is 0 Å². The van der Waals surface area contributed by atoms with Gasteiger partial charge < -0.3 is 23.1 Å². The Kier molecular flexibility index (Phi) is 9.81. The number of ether oxygens (including phenoxy) is 3. The molecule has 3 heterocycles. The fraction of sp³-hybridized carbons (Fsp3) is 0.512. The van der Waals surface area contributed by atoms with Crippen LogP contribution in [-0.4, -0.2) is 54.4 Å². The van der Waals surface area contributed by atoms with Gasteiger partial charge >= 0.3 is 0 Å². The Morgan fingerprint density at radius 1 is 0.714 bits per heavy atom. The van der Waals surface area contributed by atoms with E-state index in [-0.39, 0.29) is 16.2 Å². The van der Waals surface area contributed by atoms with Crippen molar-refractivity contribution in [3.63, 3.8) is 0 Å². The van der Waals surface area contributed by atoms with E-state index in [1.165, 1.54) is 31.5 Å². The van der Waals surface area contributed by atoms with Crippen LogP contribution in [0, 0.1) is 0 Å². The highest BCUT2D eigenvalue weighted by Crippen LogP contribution is 2.53. The first kappa shape index (κ1) is 35.6. The van der Waals surface area contributed by atoms with Crippen molar-refractivity contribution in [3.05, 3.63) is 77.4 Å². The number of hydrogen-bond donors (Lipinski definition) is 0. The highest BCUT2D eigenvalue weighted by atomic mass is 28.4. The predicted molar refractivity (Wildman–Crippen MR) is 206 cm³/mol. The van der Waals surface area contributed by atoms with Crippen molar-refractivity contribution >= 4 is 27.8 Å². The van der Waals surface area contributed by atoms with Gasteiger partial charge in [-0.3, -0.25) is 4.90 Å². The van der Waals surface area contributed by atoms with E-state index in [9.17, 15) is 0 Å². The fourth-order valence-electron chi connectivity index (χ4n) is 6.31. The molecule has 49 heavy (non-hydrogen) atoms. The molecule has 0 amide bonds. The molecule has 3 aromatic carbocycles. The van der Waals surface area contributed by atoms with E-state index in [0.717, 1.165) is 64.0 Å². The van der Waals surface area contributed by atoms with Crippen molar-refractivity contribution in [2.75, 3.05) is 32.8 Å². The molecule has 3 aromatic rings. The van der Waals surface area contributed by atoms with Crippen molar-refractivity contribution < 1.29 is 23.1 Å². The number of rotatable bonds is 9. The van der Waals surface area contributed by atoms with E-state index >= 15 is 0 Å². The second-order valence-electron chi connectivity index (χ2n) is 17.0. The largest absolute Gasteiger partial charge is 0.543 e. The first-order valence-corrected chi connectivity index (χ1v) is 24.0. The molecule has 6 rings (SSSR count). The minimum atomic E-state index is -2.04. The van der Waals surface area contributed by atoms with E-state index in [1.807, 2.05) is 0 Å². The fourth-order valence-corrected chi connectivity index (χ4v) is 8.36. The zero-order chi connectivity index (χ0) is 35.2. The standard InChI is InChI=1S/C41H57NO5Si2/c1-40(2,3)48(7,8)46-31-18-20-35-36(27-31)44-25-21-34-33-19-17-32(47-49(9,10)41(4,5)6)28-37(33)45-39(38(34)35)29-13-15-30(16-14-29)43-26-24-42-22-11-12-23-42/h13-20,27-28,39H,11-12,21-26H2,1-10H3/t39-/m0/s1. The summed E-state index contributed by atoms with van der Waals surface area (Å²) in [6.45, 7) is 27.4. The zero-order valence-corrected chi connectivity index (χ0v) is 33.5.